The van der Waals surface area contributed by atoms with E-state index in [2.05, 4.69) is 28.4 Å². The zero-order valence-electron chi connectivity index (χ0n) is 13.2. The zero-order valence-corrected chi connectivity index (χ0v) is 14.0. The molecule has 0 unspecified atom stereocenters. The fourth-order valence-corrected chi connectivity index (χ4v) is 4.19. The number of benzene rings is 3. The third kappa shape index (κ3) is 2.30. The standard InChI is InChI=1S/C21H14N2OS/c24-21-15-7-3-1-5-13(15)9-10-16(21)17-12-18(23-22-17)20-11-14-6-2-4-8-19(14)25-20/h1-12,24H,(H,22,23). The molecule has 5 rings (SSSR count). The maximum atomic E-state index is 10.6. The van der Waals surface area contributed by atoms with Crippen molar-refractivity contribution in [3.8, 4) is 27.6 Å². The number of fused-ring (bicyclic) bond motifs is 2. The van der Waals surface area contributed by atoms with Crippen LogP contribution in [0, 0.1) is 0 Å². The minimum Gasteiger partial charge on any atom is -0.507 e. The summed E-state index contributed by atoms with van der Waals surface area (Å²) in [4.78, 5) is 1.14. The smallest absolute Gasteiger partial charge is 0.132 e. The predicted octanol–water partition coefficient (Wildman–Crippen LogP) is 5.82. The fraction of sp³-hybridized carbons (Fsp3) is 0. The lowest BCUT2D eigenvalue weighted by Gasteiger charge is -2.05. The van der Waals surface area contributed by atoms with Crippen LogP contribution in [-0.2, 0) is 0 Å². The van der Waals surface area contributed by atoms with Gasteiger partial charge in [0.2, 0.25) is 0 Å². The minimum absolute atomic E-state index is 0.271. The molecule has 0 bridgehead atoms. The Balaban J connectivity index is 1.61. The third-order valence-corrected chi connectivity index (χ3v) is 5.59. The molecule has 0 aliphatic rings. The number of aromatic nitrogens is 2. The van der Waals surface area contributed by atoms with Crippen LogP contribution < -0.4 is 0 Å². The summed E-state index contributed by atoms with van der Waals surface area (Å²) < 4.78 is 1.25. The summed E-state index contributed by atoms with van der Waals surface area (Å²) >= 11 is 1.73. The second-order valence-electron chi connectivity index (χ2n) is 6.00. The van der Waals surface area contributed by atoms with Gasteiger partial charge in [0.05, 0.1) is 16.3 Å². The van der Waals surface area contributed by atoms with E-state index >= 15 is 0 Å². The monoisotopic (exact) mass is 342 g/mol. The van der Waals surface area contributed by atoms with Crippen molar-refractivity contribution in [2.45, 2.75) is 0 Å². The normalized spacial score (nSPS) is 11.4. The highest BCUT2D eigenvalue weighted by Crippen LogP contribution is 2.38. The molecule has 4 heteroatoms. The Morgan fingerprint density at radius 3 is 2.52 bits per heavy atom. The molecular formula is C21H14N2OS. The number of aromatic hydroxyl groups is 1. The van der Waals surface area contributed by atoms with Crippen LogP contribution in [0.2, 0.25) is 0 Å². The van der Waals surface area contributed by atoms with E-state index in [1.165, 1.54) is 10.1 Å². The predicted molar refractivity (Wildman–Crippen MR) is 104 cm³/mol. The molecule has 0 radical (unpaired) electrons. The molecule has 0 spiro atoms. The van der Waals surface area contributed by atoms with Gasteiger partial charge in [-0.1, -0.05) is 48.5 Å². The third-order valence-electron chi connectivity index (χ3n) is 4.45. The Labute approximate surface area is 148 Å². The molecule has 3 nitrogen and oxygen atoms in total. The maximum Gasteiger partial charge on any atom is 0.132 e. The van der Waals surface area contributed by atoms with Crippen LogP contribution in [0.15, 0.2) is 72.8 Å². The van der Waals surface area contributed by atoms with Crippen LogP contribution in [0.25, 0.3) is 42.7 Å². The largest absolute Gasteiger partial charge is 0.507 e. The van der Waals surface area contributed by atoms with Gasteiger partial charge >= 0.3 is 0 Å². The highest BCUT2D eigenvalue weighted by atomic mass is 32.1. The summed E-state index contributed by atoms with van der Waals surface area (Å²) in [6, 6.07) is 24.2. The number of nitrogens with zero attached hydrogens (tertiary/aromatic N) is 1. The summed E-state index contributed by atoms with van der Waals surface area (Å²) in [5.74, 6) is 0.271. The van der Waals surface area contributed by atoms with Crippen molar-refractivity contribution < 1.29 is 5.11 Å². The summed E-state index contributed by atoms with van der Waals surface area (Å²) in [5.41, 5.74) is 2.45. The Morgan fingerprint density at radius 1 is 0.840 bits per heavy atom. The van der Waals surface area contributed by atoms with Gasteiger partial charge in [-0.25, -0.2) is 0 Å². The summed E-state index contributed by atoms with van der Waals surface area (Å²) in [7, 11) is 0. The number of phenols is 1. The molecule has 0 amide bonds. The number of thiophene rings is 1. The second-order valence-corrected chi connectivity index (χ2v) is 7.08. The van der Waals surface area contributed by atoms with Crippen molar-refractivity contribution in [3.63, 3.8) is 0 Å². The van der Waals surface area contributed by atoms with Gasteiger partial charge in [0.15, 0.2) is 0 Å². The van der Waals surface area contributed by atoms with Gasteiger partial charge < -0.3 is 5.11 Å². The summed E-state index contributed by atoms with van der Waals surface area (Å²) in [5, 5.41) is 21.3. The van der Waals surface area contributed by atoms with Gasteiger partial charge in [0.25, 0.3) is 0 Å². The van der Waals surface area contributed by atoms with Gasteiger partial charge in [-0.15, -0.1) is 11.3 Å². The number of nitrogens with one attached hydrogen (secondary N) is 1. The highest BCUT2D eigenvalue weighted by Gasteiger charge is 2.13. The van der Waals surface area contributed by atoms with Crippen LogP contribution in [0.1, 0.15) is 0 Å². The zero-order chi connectivity index (χ0) is 16.8. The molecule has 0 saturated carbocycles. The molecule has 0 aliphatic heterocycles. The van der Waals surface area contributed by atoms with Gasteiger partial charge in [-0.2, -0.15) is 5.10 Å². The van der Waals surface area contributed by atoms with Gasteiger partial charge in [-0.3, -0.25) is 5.10 Å². The molecule has 0 atom stereocenters. The van der Waals surface area contributed by atoms with Crippen LogP contribution in [-0.4, -0.2) is 15.3 Å². The van der Waals surface area contributed by atoms with E-state index in [0.717, 1.165) is 32.6 Å². The van der Waals surface area contributed by atoms with E-state index in [0.29, 0.717) is 0 Å². The molecular weight excluding hydrogens is 328 g/mol. The number of H-pyrrole nitrogens is 1. The molecule has 5 aromatic rings. The Kier molecular flexibility index (Phi) is 3.11. The molecule has 2 N–H and O–H groups in total. The first-order valence-electron chi connectivity index (χ1n) is 8.05. The average molecular weight is 342 g/mol. The van der Waals surface area contributed by atoms with Crippen LogP contribution >= 0.6 is 11.3 Å². The van der Waals surface area contributed by atoms with Gasteiger partial charge in [-0.05, 0) is 35.0 Å². The van der Waals surface area contributed by atoms with Crippen LogP contribution in [0.4, 0.5) is 0 Å². The summed E-state index contributed by atoms with van der Waals surface area (Å²) in [6.07, 6.45) is 0. The van der Waals surface area contributed by atoms with Gasteiger partial charge in [0, 0.05) is 15.6 Å². The lowest BCUT2D eigenvalue weighted by Crippen LogP contribution is -1.81. The van der Waals surface area contributed by atoms with E-state index in [4.69, 9.17) is 0 Å². The molecule has 3 aromatic carbocycles. The fourth-order valence-electron chi connectivity index (χ4n) is 3.16. The second kappa shape index (κ2) is 5.46. The molecule has 120 valence electrons. The highest BCUT2D eigenvalue weighted by molar-refractivity contribution is 7.22. The molecule has 2 heterocycles. The van der Waals surface area contributed by atoms with E-state index in [-0.39, 0.29) is 5.75 Å². The first-order valence-corrected chi connectivity index (χ1v) is 8.87. The minimum atomic E-state index is 0.271. The molecule has 25 heavy (non-hydrogen) atoms. The maximum absolute atomic E-state index is 10.6. The SMILES string of the molecule is Oc1c(-c2cc(-c3cc4ccccc4s3)[nH]n2)ccc2ccccc12. The lowest BCUT2D eigenvalue weighted by molar-refractivity contribution is 0.483. The van der Waals surface area contributed by atoms with Crippen molar-refractivity contribution in [3.05, 3.63) is 72.8 Å². The van der Waals surface area contributed by atoms with Crippen LogP contribution in [0.3, 0.4) is 0 Å². The summed E-state index contributed by atoms with van der Waals surface area (Å²) in [6.45, 7) is 0. The van der Waals surface area contributed by atoms with Crippen molar-refractivity contribution >= 4 is 32.2 Å². The topological polar surface area (TPSA) is 48.9 Å². The number of hydrogen-bond donors (Lipinski definition) is 2. The van der Waals surface area contributed by atoms with Gasteiger partial charge in [0.1, 0.15) is 5.75 Å². The number of phenolic OH excluding ortho intramolecular Hbond substituents is 1. The molecule has 0 saturated heterocycles. The first kappa shape index (κ1) is 14.3. The van der Waals surface area contributed by atoms with E-state index < -0.39 is 0 Å². The van der Waals surface area contributed by atoms with E-state index in [9.17, 15) is 5.11 Å². The van der Waals surface area contributed by atoms with E-state index in [1.807, 2.05) is 54.6 Å². The first-order chi connectivity index (χ1) is 12.3. The Bertz CT molecular complexity index is 1190. The van der Waals surface area contributed by atoms with Crippen LogP contribution in [0.5, 0.6) is 5.75 Å². The number of hydrogen-bond acceptors (Lipinski definition) is 3. The average Bonchev–Trinajstić information content (AvgIpc) is 3.29. The lowest BCUT2D eigenvalue weighted by atomic mass is 10.0. The molecule has 0 fully saturated rings. The Hall–Kier alpha value is -3.11. The Morgan fingerprint density at radius 2 is 1.64 bits per heavy atom. The number of aromatic amines is 1. The number of rotatable bonds is 2. The van der Waals surface area contributed by atoms with Crippen molar-refractivity contribution in [2.24, 2.45) is 0 Å². The quantitative estimate of drug-likeness (QED) is 0.425. The van der Waals surface area contributed by atoms with Crippen molar-refractivity contribution in [1.29, 1.82) is 0 Å². The van der Waals surface area contributed by atoms with Crippen molar-refractivity contribution in [1.82, 2.24) is 10.2 Å². The van der Waals surface area contributed by atoms with Crippen molar-refractivity contribution in [2.75, 3.05) is 0 Å². The molecule has 2 aromatic heterocycles. The molecule has 0 aliphatic carbocycles. The van der Waals surface area contributed by atoms with E-state index in [1.54, 1.807) is 11.3 Å².